The van der Waals surface area contributed by atoms with Crippen LogP contribution in [0.15, 0.2) is 46.9 Å². The Morgan fingerprint density at radius 2 is 1.91 bits per heavy atom. The Morgan fingerprint density at radius 1 is 1.17 bits per heavy atom. The van der Waals surface area contributed by atoms with Crippen molar-refractivity contribution in [3.05, 3.63) is 47.5 Å². The predicted molar refractivity (Wildman–Crippen MR) is 92.5 cm³/mol. The molecule has 0 saturated carbocycles. The van der Waals surface area contributed by atoms with Crippen molar-refractivity contribution in [2.45, 2.75) is 20.8 Å². The van der Waals surface area contributed by atoms with Crippen LogP contribution in [0.3, 0.4) is 0 Å². The normalized spacial score (nSPS) is 11.7. The maximum atomic E-state index is 12.2. The molecule has 0 spiro atoms. The molecule has 3 aromatic rings. The molecule has 2 aromatic carbocycles. The van der Waals surface area contributed by atoms with Gasteiger partial charge in [-0.1, -0.05) is 44.5 Å². The van der Waals surface area contributed by atoms with Crippen molar-refractivity contribution >= 4 is 34.3 Å². The zero-order valence-electron chi connectivity index (χ0n) is 13.2. The van der Waals surface area contributed by atoms with Gasteiger partial charge in [-0.2, -0.15) is 0 Å². The third-order valence-corrected chi connectivity index (χ3v) is 3.77. The van der Waals surface area contributed by atoms with Crippen LogP contribution in [0.4, 0.5) is 5.69 Å². The minimum atomic E-state index is -0.503. The van der Waals surface area contributed by atoms with E-state index >= 15 is 0 Å². The summed E-state index contributed by atoms with van der Waals surface area (Å²) in [7, 11) is 0. The number of nitrogens with one attached hydrogen (secondary N) is 1. The number of para-hydroxylation sites is 2. The molecule has 1 heterocycles. The van der Waals surface area contributed by atoms with Crippen LogP contribution in [-0.2, 0) is 4.79 Å². The fourth-order valence-corrected chi connectivity index (χ4v) is 2.22. The van der Waals surface area contributed by atoms with E-state index in [0.29, 0.717) is 16.6 Å². The van der Waals surface area contributed by atoms with Gasteiger partial charge < -0.3 is 9.73 Å². The molecule has 1 aromatic heterocycles. The fourth-order valence-electron chi connectivity index (χ4n) is 2.06. The Balaban J connectivity index is 1.98. The number of fused-ring (bicyclic) bond motifs is 1. The first kappa shape index (κ1) is 15.6. The summed E-state index contributed by atoms with van der Waals surface area (Å²) in [6, 6.07) is 12.9. The minimum Gasteiger partial charge on any atom is -0.436 e. The van der Waals surface area contributed by atoms with Gasteiger partial charge in [0.15, 0.2) is 5.58 Å². The van der Waals surface area contributed by atoms with Crippen LogP contribution < -0.4 is 5.32 Å². The molecular formula is C18H17ClN2O2. The number of aromatic nitrogens is 1. The SMILES string of the molecule is CC(C)(C)C(=O)Nc1cc(-c2nc3ccccc3o2)ccc1Cl. The van der Waals surface area contributed by atoms with E-state index in [0.717, 1.165) is 16.7 Å². The quantitative estimate of drug-likeness (QED) is 0.709. The monoisotopic (exact) mass is 328 g/mol. The van der Waals surface area contributed by atoms with Crippen molar-refractivity contribution < 1.29 is 9.21 Å². The van der Waals surface area contributed by atoms with E-state index in [4.69, 9.17) is 16.0 Å². The van der Waals surface area contributed by atoms with E-state index in [1.54, 1.807) is 12.1 Å². The number of oxazole rings is 1. The van der Waals surface area contributed by atoms with Gasteiger partial charge in [0.1, 0.15) is 5.52 Å². The fraction of sp³-hybridized carbons (Fsp3) is 0.222. The first-order valence-electron chi connectivity index (χ1n) is 7.31. The van der Waals surface area contributed by atoms with E-state index < -0.39 is 5.41 Å². The molecule has 0 radical (unpaired) electrons. The third-order valence-electron chi connectivity index (χ3n) is 3.44. The van der Waals surface area contributed by atoms with Crippen molar-refractivity contribution in [2.24, 2.45) is 5.41 Å². The summed E-state index contributed by atoms with van der Waals surface area (Å²) >= 11 is 6.19. The van der Waals surface area contributed by atoms with E-state index in [1.807, 2.05) is 51.1 Å². The van der Waals surface area contributed by atoms with Crippen LogP contribution in [0.5, 0.6) is 0 Å². The lowest BCUT2D eigenvalue weighted by Crippen LogP contribution is -2.27. The Hall–Kier alpha value is -2.33. The number of carbonyl (C=O) groups is 1. The highest BCUT2D eigenvalue weighted by Gasteiger charge is 2.22. The van der Waals surface area contributed by atoms with E-state index in [1.165, 1.54) is 0 Å². The number of hydrogen-bond acceptors (Lipinski definition) is 3. The van der Waals surface area contributed by atoms with Gasteiger partial charge in [0, 0.05) is 11.0 Å². The Bertz CT molecular complexity index is 845. The molecule has 0 bridgehead atoms. The molecule has 1 amide bonds. The summed E-state index contributed by atoms with van der Waals surface area (Å²) < 4.78 is 5.75. The standard InChI is InChI=1S/C18H17ClN2O2/c1-18(2,3)17(22)21-14-10-11(8-9-12(14)19)16-20-13-6-4-5-7-15(13)23-16/h4-10H,1-3H3,(H,21,22). The lowest BCUT2D eigenvalue weighted by molar-refractivity contribution is -0.123. The van der Waals surface area contributed by atoms with Gasteiger partial charge in [-0.3, -0.25) is 4.79 Å². The number of benzene rings is 2. The summed E-state index contributed by atoms with van der Waals surface area (Å²) in [6.07, 6.45) is 0. The highest BCUT2D eigenvalue weighted by molar-refractivity contribution is 6.33. The number of anilines is 1. The highest BCUT2D eigenvalue weighted by Crippen LogP contribution is 2.31. The average molecular weight is 329 g/mol. The average Bonchev–Trinajstić information content (AvgIpc) is 2.92. The van der Waals surface area contributed by atoms with E-state index in [2.05, 4.69) is 10.3 Å². The van der Waals surface area contributed by atoms with Crippen molar-refractivity contribution in [1.29, 1.82) is 0 Å². The van der Waals surface area contributed by atoms with Gasteiger partial charge in [-0.05, 0) is 30.3 Å². The van der Waals surface area contributed by atoms with Gasteiger partial charge in [0.25, 0.3) is 0 Å². The lowest BCUT2D eigenvalue weighted by atomic mass is 9.95. The topological polar surface area (TPSA) is 55.1 Å². The second-order valence-electron chi connectivity index (χ2n) is 6.39. The molecule has 1 N–H and O–H groups in total. The van der Waals surface area contributed by atoms with Crippen molar-refractivity contribution in [3.63, 3.8) is 0 Å². The van der Waals surface area contributed by atoms with E-state index in [9.17, 15) is 4.79 Å². The summed E-state index contributed by atoms with van der Waals surface area (Å²) in [5.41, 5.74) is 2.31. The molecule has 0 saturated heterocycles. The summed E-state index contributed by atoms with van der Waals surface area (Å²) in [5.74, 6) is 0.392. The minimum absolute atomic E-state index is 0.103. The van der Waals surface area contributed by atoms with Gasteiger partial charge in [-0.25, -0.2) is 4.98 Å². The zero-order valence-corrected chi connectivity index (χ0v) is 13.9. The largest absolute Gasteiger partial charge is 0.436 e. The maximum absolute atomic E-state index is 12.2. The van der Waals surface area contributed by atoms with Gasteiger partial charge in [0.05, 0.1) is 10.7 Å². The number of hydrogen-bond donors (Lipinski definition) is 1. The first-order valence-corrected chi connectivity index (χ1v) is 7.69. The smallest absolute Gasteiger partial charge is 0.229 e. The molecule has 0 fully saturated rings. The number of amides is 1. The second kappa shape index (κ2) is 5.70. The molecule has 118 valence electrons. The van der Waals surface area contributed by atoms with Crippen molar-refractivity contribution in [1.82, 2.24) is 4.98 Å². The molecule has 23 heavy (non-hydrogen) atoms. The van der Waals surface area contributed by atoms with Crippen LogP contribution >= 0.6 is 11.6 Å². The maximum Gasteiger partial charge on any atom is 0.229 e. The van der Waals surface area contributed by atoms with Gasteiger partial charge in [0.2, 0.25) is 11.8 Å². The van der Waals surface area contributed by atoms with Crippen LogP contribution in [-0.4, -0.2) is 10.9 Å². The van der Waals surface area contributed by atoms with Crippen molar-refractivity contribution in [2.75, 3.05) is 5.32 Å². The third kappa shape index (κ3) is 3.22. The molecule has 3 rings (SSSR count). The van der Waals surface area contributed by atoms with Gasteiger partial charge >= 0.3 is 0 Å². The second-order valence-corrected chi connectivity index (χ2v) is 6.79. The Labute approximate surface area is 139 Å². The lowest BCUT2D eigenvalue weighted by Gasteiger charge is -2.18. The number of halogens is 1. The van der Waals surface area contributed by atoms with Crippen LogP contribution in [0.2, 0.25) is 5.02 Å². The molecular weight excluding hydrogens is 312 g/mol. The predicted octanol–water partition coefficient (Wildman–Crippen LogP) is 5.13. The number of rotatable bonds is 2. The summed E-state index contributed by atoms with van der Waals surface area (Å²) in [5, 5.41) is 3.33. The Morgan fingerprint density at radius 3 is 2.61 bits per heavy atom. The summed E-state index contributed by atoms with van der Waals surface area (Å²) in [4.78, 5) is 16.6. The molecule has 0 atom stereocenters. The number of nitrogens with zero attached hydrogens (tertiary/aromatic N) is 1. The van der Waals surface area contributed by atoms with Crippen LogP contribution in [0, 0.1) is 5.41 Å². The van der Waals surface area contributed by atoms with Gasteiger partial charge in [-0.15, -0.1) is 0 Å². The Kier molecular flexibility index (Phi) is 3.86. The molecule has 5 heteroatoms. The highest BCUT2D eigenvalue weighted by atomic mass is 35.5. The van der Waals surface area contributed by atoms with Crippen molar-refractivity contribution in [3.8, 4) is 11.5 Å². The van der Waals surface area contributed by atoms with E-state index in [-0.39, 0.29) is 5.91 Å². The molecule has 0 aliphatic heterocycles. The first-order chi connectivity index (χ1) is 10.8. The zero-order chi connectivity index (χ0) is 16.6. The van der Waals surface area contributed by atoms with Crippen LogP contribution in [0.25, 0.3) is 22.6 Å². The number of carbonyl (C=O) groups excluding carboxylic acids is 1. The molecule has 0 aliphatic rings. The molecule has 0 unspecified atom stereocenters. The molecule has 0 aliphatic carbocycles. The molecule has 4 nitrogen and oxygen atoms in total. The summed E-state index contributed by atoms with van der Waals surface area (Å²) in [6.45, 7) is 5.54. The van der Waals surface area contributed by atoms with Crippen LogP contribution in [0.1, 0.15) is 20.8 Å².